The Labute approximate surface area is 180 Å². The largest absolute Gasteiger partial charge is 0.513 e. The second-order valence-electron chi connectivity index (χ2n) is 6.40. The molecule has 0 bridgehead atoms. The average Bonchev–Trinajstić information content (AvgIpc) is 2.72. The fourth-order valence-corrected chi connectivity index (χ4v) is 2.79. The summed E-state index contributed by atoms with van der Waals surface area (Å²) in [4.78, 5) is 35.3. The molecule has 0 heterocycles. The zero-order chi connectivity index (χ0) is 21.8. The van der Waals surface area contributed by atoms with Crippen molar-refractivity contribution in [2.75, 3.05) is 19.7 Å². The second kappa shape index (κ2) is 12.5. The van der Waals surface area contributed by atoms with Gasteiger partial charge in [0.2, 0.25) is 5.91 Å². The number of carbonyl (C=O) groups excluding carboxylic acids is 3. The van der Waals surface area contributed by atoms with Crippen molar-refractivity contribution in [1.82, 2.24) is 10.6 Å². The van der Waals surface area contributed by atoms with Gasteiger partial charge >= 0.3 is 6.16 Å². The summed E-state index contributed by atoms with van der Waals surface area (Å²) < 4.78 is 9.62. The van der Waals surface area contributed by atoms with Crippen LogP contribution in [0.5, 0.6) is 5.75 Å². The minimum Gasteiger partial charge on any atom is -0.434 e. The Bertz CT molecular complexity index is 855. The van der Waals surface area contributed by atoms with Gasteiger partial charge in [0.05, 0.1) is 6.61 Å². The van der Waals surface area contributed by atoms with Gasteiger partial charge < -0.3 is 20.1 Å². The highest BCUT2D eigenvalue weighted by molar-refractivity contribution is 6.30. The third-order valence-corrected chi connectivity index (χ3v) is 4.31. The van der Waals surface area contributed by atoms with Crippen LogP contribution in [0, 0.1) is 0 Å². The number of ether oxygens (including phenoxy) is 2. The van der Waals surface area contributed by atoms with Gasteiger partial charge in [-0.2, -0.15) is 0 Å². The van der Waals surface area contributed by atoms with Crippen LogP contribution in [-0.2, 0) is 16.0 Å². The van der Waals surface area contributed by atoms with Gasteiger partial charge in [0, 0.05) is 30.1 Å². The molecule has 2 N–H and O–H groups in total. The van der Waals surface area contributed by atoms with E-state index in [1.807, 2.05) is 18.2 Å². The number of nitrogens with one attached hydrogen (secondary N) is 2. The van der Waals surface area contributed by atoms with Gasteiger partial charge in [0.25, 0.3) is 5.91 Å². The number of rotatable bonds is 10. The van der Waals surface area contributed by atoms with Crippen LogP contribution in [0.1, 0.15) is 35.7 Å². The Balaban J connectivity index is 1.61. The van der Waals surface area contributed by atoms with E-state index in [1.165, 1.54) is 12.1 Å². The zero-order valence-electron chi connectivity index (χ0n) is 16.8. The van der Waals surface area contributed by atoms with Crippen molar-refractivity contribution in [3.63, 3.8) is 0 Å². The van der Waals surface area contributed by atoms with Crippen LogP contribution in [0.25, 0.3) is 0 Å². The summed E-state index contributed by atoms with van der Waals surface area (Å²) >= 11 is 5.93. The molecule has 0 spiro atoms. The first-order valence-corrected chi connectivity index (χ1v) is 10.1. The van der Waals surface area contributed by atoms with Crippen LogP contribution >= 0.6 is 11.6 Å². The minimum absolute atomic E-state index is 0.0431. The van der Waals surface area contributed by atoms with Gasteiger partial charge in [0.1, 0.15) is 5.75 Å². The van der Waals surface area contributed by atoms with Crippen LogP contribution in [0.2, 0.25) is 5.02 Å². The number of amides is 2. The molecule has 30 heavy (non-hydrogen) atoms. The fourth-order valence-electron chi connectivity index (χ4n) is 2.58. The monoisotopic (exact) mass is 432 g/mol. The SMILES string of the molecule is CCOC(=O)Oc1ccc(C(=O)NCCCNC(=O)CCc2cccc(Cl)c2)cc1. The van der Waals surface area contributed by atoms with Crippen molar-refractivity contribution >= 4 is 29.6 Å². The number of hydrogen-bond donors (Lipinski definition) is 2. The number of aryl methyl sites for hydroxylation is 1. The molecule has 2 rings (SSSR count). The van der Waals surface area contributed by atoms with Crippen molar-refractivity contribution in [3.05, 3.63) is 64.7 Å². The molecule has 0 radical (unpaired) electrons. The third kappa shape index (κ3) is 8.53. The third-order valence-electron chi connectivity index (χ3n) is 4.07. The van der Waals surface area contributed by atoms with Gasteiger partial charge in [-0.25, -0.2) is 4.79 Å². The van der Waals surface area contributed by atoms with Gasteiger partial charge in [-0.1, -0.05) is 23.7 Å². The van der Waals surface area contributed by atoms with Crippen LogP contribution in [0.15, 0.2) is 48.5 Å². The second-order valence-corrected chi connectivity index (χ2v) is 6.84. The molecule has 7 nitrogen and oxygen atoms in total. The van der Waals surface area contributed by atoms with Gasteiger partial charge in [-0.3, -0.25) is 9.59 Å². The Kier molecular flexibility index (Phi) is 9.67. The van der Waals surface area contributed by atoms with Crippen molar-refractivity contribution in [2.24, 2.45) is 0 Å². The molecule has 160 valence electrons. The molecular formula is C22H25ClN2O5. The fraction of sp³-hybridized carbons (Fsp3) is 0.318. The van der Waals surface area contributed by atoms with E-state index < -0.39 is 6.16 Å². The molecule has 2 aromatic carbocycles. The number of hydrogen-bond acceptors (Lipinski definition) is 5. The maximum atomic E-state index is 12.1. The van der Waals surface area contributed by atoms with Crippen molar-refractivity contribution in [1.29, 1.82) is 0 Å². The highest BCUT2D eigenvalue weighted by atomic mass is 35.5. The molecule has 0 aliphatic heterocycles. The number of halogens is 1. The Morgan fingerprint density at radius 3 is 2.43 bits per heavy atom. The zero-order valence-corrected chi connectivity index (χ0v) is 17.5. The van der Waals surface area contributed by atoms with Crippen LogP contribution in [-0.4, -0.2) is 37.7 Å². The Morgan fingerprint density at radius 1 is 1.00 bits per heavy atom. The standard InChI is InChI=1S/C22H25ClN2O5/c1-2-29-22(28)30-19-10-8-17(9-11-19)21(27)25-14-4-13-24-20(26)12-7-16-5-3-6-18(23)15-16/h3,5-6,8-11,15H,2,4,7,12-14H2,1H3,(H,24,26)(H,25,27). The highest BCUT2D eigenvalue weighted by Gasteiger charge is 2.08. The molecule has 0 aliphatic carbocycles. The molecule has 0 unspecified atom stereocenters. The normalized spacial score (nSPS) is 10.2. The summed E-state index contributed by atoms with van der Waals surface area (Å²) in [7, 11) is 0. The molecule has 2 amide bonds. The van der Waals surface area contributed by atoms with E-state index in [0.717, 1.165) is 5.56 Å². The maximum Gasteiger partial charge on any atom is 0.513 e. The highest BCUT2D eigenvalue weighted by Crippen LogP contribution is 2.13. The summed E-state index contributed by atoms with van der Waals surface area (Å²) in [6, 6.07) is 13.6. The quantitative estimate of drug-likeness (QED) is 0.339. The van der Waals surface area contributed by atoms with Gasteiger partial charge in [-0.15, -0.1) is 0 Å². The molecule has 0 aromatic heterocycles. The van der Waals surface area contributed by atoms with Crippen molar-refractivity contribution in [3.8, 4) is 5.75 Å². The summed E-state index contributed by atoms with van der Waals surface area (Å²) in [6.45, 7) is 2.80. The lowest BCUT2D eigenvalue weighted by Crippen LogP contribution is -2.30. The van der Waals surface area contributed by atoms with E-state index in [2.05, 4.69) is 15.4 Å². The van der Waals surface area contributed by atoms with Gasteiger partial charge in [0.15, 0.2) is 0 Å². The molecule has 0 fully saturated rings. The smallest absolute Gasteiger partial charge is 0.434 e. The van der Waals surface area contributed by atoms with Crippen molar-refractivity contribution in [2.45, 2.75) is 26.2 Å². The lowest BCUT2D eigenvalue weighted by molar-refractivity contribution is -0.121. The van der Waals surface area contributed by atoms with E-state index in [1.54, 1.807) is 25.1 Å². The maximum absolute atomic E-state index is 12.1. The first kappa shape index (κ1) is 23.2. The first-order chi connectivity index (χ1) is 14.5. The average molecular weight is 433 g/mol. The minimum atomic E-state index is -0.788. The molecule has 8 heteroatoms. The molecule has 0 aliphatic rings. The number of carbonyl (C=O) groups is 3. The summed E-state index contributed by atoms with van der Waals surface area (Å²) in [5.41, 5.74) is 1.46. The topological polar surface area (TPSA) is 93.7 Å². The van der Waals surface area contributed by atoms with E-state index in [9.17, 15) is 14.4 Å². The van der Waals surface area contributed by atoms with E-state index >= 15 is 0 Å². The van der Waals surface area contributed by atoms with Crippen LogP contribution in [0.4, 0.5) is 4.79 Å². The lowest BCUT2D eigenvalue weighted by atomic mass is 10.1. The van der Waals surface area contributed by atoms with E-state index in [0.29, 0.717) is 48.7 Å². The van der Waals surface area contributed by atoms with E-state index in [4.69, 9.17) is 16.3 Å². The predicted molar refractivity (Wildman–Crippen MR) is 114 cm³/mol. The van der Waals surface area contributed by atoms with E-state index in [-0.39, 0.29) is 18.4 Å². The van der Waals surface area contributed by atoms with Crippen LogP contribution < -0.4 is 15.4 Å². The summed E-state index contributed by atoms with van der Waals surface area (Å²) in [5, 5.41) is 6.27. The molecule has 0 atom stereocenters. The predicted octanol–water partition coefficient (Wildman–Crippen LogP) is 3.74. The van der Waals surface area contributed by atoms with Crippen LogP contribution in [0.3, 0.4) is 0 Å². The molecule has 0 saturated heterocycles. The number of benzene rings is 2. The Hall–Kier alpha value is -3.06. The Morgan fingerprint density at radius 2 is 1.73 bits per heavy atom. The molecular weight excluding hydrogens is 408 g/mol. The van der Waals surface area contributed by atoms with Crippen molar-refractivity contribution < 1.29 is 23.9 Å². The summed E-state index contributed by atoms with van der Waals surface area (Å²) in [6.07, 6.45) is 0.828. The summed E-state index contributed by atoms with van der Waals surface area (Å²) in [5.74, 6) is 0.00828. The molecule has 2 aromatic rings. The first-order valence-electron chi connectivity index (χ1n) is 9.72. The molecule has 0 saturated carbocycles. The lowest BCUT2D eigenvalue weighted by Gasteiger charge is -2.08. The van der Waals surface area contributed by atoms with Gasteiger partial charge in [-0.05, 0) is 61.7 Å².